The van der Waals surface area contributed by atoms with Crippen LogP contribution in [0.4, 0.5) is 0 Å². The fourth-order valence-electron chi connectivity index (χ4n) is 3.10. The monoisotopic (exact) mass is 406 g/mol. The predicted molar refractivity (Wildman–Crippen MR) is 120 cm³/mol. The molecule has 0 amide bonds. The Hall–Kier alpha value is -3.35. The SMILES string of the molecule is CN=C(NCc1ccc(-n2nc(C)cc2C)nc1)NCC(C)Oc1ccccc1C. The number of hydrogen-bond acceptors (Lipinski definition) is 4. The molecule has 0 aliphatic rings. The Bertz CT molecular complexity index is 993. The van der Waals surface area contributed by atoms with Crippen LogP contribution in [-0.4, -0.2) is 40.4 Å². The summed E-state index contributed by atoms with van der Waals surface area (Å²) < 4.78 is 7.86. The summed E-state index contributed by atoms with van der Waals surface area (Å²) in [4.78, 5) is 8.82. The average molecular weight is 407 g/mol. The lowest BCUT2D eigenvalue weighted by molar-refractivity contribution is 0.222. The van der Waals surface area contributed by atoms with Gasteiger partial charge in [-0.25, -0.2) is 9.67 Å². The van der Waals surface area contributed by atoms with Crippen LogP contribution >= 0.6 is 0 Å². The second-order valence-electron chi connectivity index (χ2n) is 7.36. The first-order valence-corrected chi connectivity index (χ1v) is 10.1. The zero-order valence-corrected chi connectivity index (χ0v) is 18.3. The first kappa shape index (κ1) is 21.4. The molecule has 1 unspecified atom stereocenters. The van der Waals surface area contributed by atoms with E-state index in [4.69, 9.17) is 4.74 Å². The number of aliphatic imine (C=N–C) groups is 1. The van der Waals surface area contributed by atoms with Gasteiger partial charge in [-0.2, -0.15) is 5.10 Å². The summed E-state index contributed by atoms with van der Waals surface area (Å²) >= 11 is 0. The van der Waals surface area contributed by atoms with Crippen molar-refractivity contribution in [3.05, 3.63) is 71.2 Å². The van der Waals surface area contributed by atoms with Crippen molar-refractivity contribution >= 4 is 5.96 Å². The molecule has 7 heteroatoms. The van der Waals surface area contributed by atoms with Crippen molar-refractivity contribution < 1.29 is 4.74 Å². The van der Waals surface area contributed by atoms with E-state index in [1.807, 2.05) is 81.0 Å². The molecule has 0 saturated heterocycles. The van der Waals surface area contributed by atoms with Crippen LogP contribution in [0.25, 0.3) is 5.82 Å². The Morgan fingerprint density at radius 3 is 2.57 bits per heavy atom. The summed E-state index contributed by atoms with van der Waals surface area (Å²) in [7, 11) is 1.76. The van der Waals surface area contributed by atoms with Crippen molar-refractivity contribution in [2.24, 2.45) is 4.99 Å². The molecular formula is C23H30N6O. The van der Waals surface area contributed by atoms with E-state index in [1.54, 1.807) is 7.05 Å². The average Bonchev–Trinajstić information content (AvgIpc) is 3.08. The van der Waals surface area contributed by atoms with Gasteiger partial charge in [0.25, 0.3) is 0 Å². The predicted octanol–water partition coefficient (Wildman–Crippen LogP) is 3.33. The first-order chi connectivity index (χ1) is 14.5. The highest BCUT2D eigenvalue weighted by molar-refractivity contribution is 5.79. The van der Waals surface area contributed by atoms with Gasteiger partial charge >= 0.3 is 0 Å². The molecule has 3 rings (SSSR count). The second-order valence-corrected chi connectivity index (χ2v) is 7.36. The van der Waals surface area contributed by atoms with E-state index in [0.717, 1.165) is 40.0 Å². The highest BCUT2D eigenvalue weighted by Crippen LogP contribution is 2.17. The van der Waals surface area contributed by atoms with Crippen LogP contribution in [-0.2, 0) is 6.54 Å². The summed E-state index contributed by atoms with van der Waals surface area (Å²) in [5.41, 5.74) is 4.24. The quantitative estimate of drug-likeness (QED) is 0.465. The molecule has 0 bridgehead atoms. The van der Waals surface area contributed by atoms with Crippen LogP contribution in [0.5, 0.6) is 5.75 Å². The third kappa shape index (κ3) is 5.59. The molecule has 1 aromatic carbocycles. The zero-order chi connectivity index (χ0) is 21.5. The molecule has 2 N–H and O–H groups in total. The minimum Gasteiger partial charge on any atom is -0.489 e. The fourth-order valence-corrected chi connectivity index (χ4v) is 3.10. The van der Waals surface area contributed by atoms with E-state index in [2.05, 4.69) is 25.7 Å². The molecule has 1 atom stereocenters. The van der Waals surface area contributed by atoms with Gasteiger partial charge in [0.1, 0.15) is 11.9 Å². The lowest BCUT2D eigenvalue weighted by atomic mass is 10.2. The number of hydrogen-bond donors (Lipinski definition) is 2. The van der Waals surface area contributed by atoms with Crippen LogP contribution < -0.4 is 15.4 Å². The molecule has 3 aromatic rings. The minimum absolute atomic E-state index is 0.00590. The van der Waals surface area contributed by atoms with E-state index < -0.39 is 0 Å². The van der Waals surface area contributed by atoms with Gasteiger partial charge in [0.15, 0.2) is 11.8 Å². The van der Waals surface area contributed by atoms with Gasteiger partial charge in [0.05, 0.1) is 12.2 Å². The molecule has 2 heterocycles. The van der Waals surface area contributed by atoms with Crippen LogP contribution in [0.2, 0.25) is 0 Å². The number of ether oxygens (including phenoxy) is 1. The van der Waals surface area contributed by atoms with Crippen molar-refractivity contribution in [3.63, 3.8) is 0 Å². The van der Waals surface area contributed by atoms with Crippen LogP contribution in [0.1, 0.15) is 29.4 Å². The number of benzene rings is 1. The molecule has 0 aliphatic heterocycles. The molecule has 0 radical (unpaired) electrons. The maximum atomic E-state index is 6.01. The van der Waals surface area contributed by atoms with Gasteiger partial charge in [0, 0.05) is 25.5 Å². The molecule has 0 fully saturated rings. The number of pyridine rings is 1. The molecule has 2 aromatic heterocycles. The first-order valence-electron chi connectivity index (χ1n) is 10.1. The number of rotatable bonds is 7. The number of aryl methyl sites for hydroxylation is 3. The molecule has 0 aliphatic carbocycles. The van der Waals surface area contributed by atoms with Crippen LogP contribution in [0.15, 0.2) is 53.7 Å². The Morgan fingerprint density at radius 1 is 1.13 bits per heavy atom. The number of aromatic nitrogens is 3. The topological polar surface area (TPSA) is 76.4 Å². The summed E-state index contributed by atoms with van der Waals surface area (Å²) in [5, 5.41) is 11.1. The second kappa shape index (κ2) is 9.91. The van der Waals surface area contributed by atoms with E-state index in [9.17, 15) is 0 Å². The van der Waals surface area contributed by atoms with Crippen molar-refractivity contribution in [2.45, 2.75) is 40.3 Å². The largest absolute Gasteiger partial charge is 0.489 e. The normalized spacial score (nSPS) is 12.5. The number of nitrogens with zero attached hydrogens (tertiary/aromatic N) is 4. The van der Waals surface area contributed by atoms with Crippen LogP contribution in [0.3, 0.4) is 0 Å². The van der Waals surface area contributed by atoms with E-state index >= 15 is 0 Å². The standard InChI is InChI=1S/C23H30N6O/c1-16-8-6-7-9-21(16)30-19(4)13-26-23(24-5)27-15-20-10-11-22(25-14-20)29-18(3)12-17(2)28-29/h6-12,14,19H,13,15H2,1-5H3,(H2,24,26,27). The maximum absolute atomic E-state index is 6.01. The lowest BCUT2D eigenvalue weighted by Gasteiger charge is -2.18. The number of guanidine groups is 1. The third-order valence-electron chi connectivity index (χ3n) is 4.70. The van der Waals surface area contributed by atoms with Crippen LogP contribution in [0, 0.1) is 20.8 Å². The summed E-state index contributed by atoms with van der Waals surface area (Å²) in [5.74, 6) is 2.44. The smallest absolute Gasteiger partial charge is 0.191 e. The number of nitrogens with one attached hydrogen (secondary N) is 2. The molecule has 0 spiro atoms. The highest BCUT2D eigenvalue weighted by Gasteiger charge is 2.08. The zero-order valence-electron chi connectivity index (χ0n) is 18.3. The fraction of sp³-hybridized carbons (Fsp3) is 0.348. The highest BCUT2D eigenvalue weighted by atomic mass is 16.5. The Labute approximate surface area is 178 Å². The van der Waals surface area contributed by atoms with Gasteiger partial charge in [-0.1, -0.05) is 24.3 Å². The van der Waals surface area contributed by atoms with Crippen molar-refractivity contribution in [3.8, 4) is 11.6 Å². The van der Waals surface area contributed by atoms with E-state index in [0.29, 0.717) is 13.1 Å². The molecule has 7 nitrogen and oxygen atoms in total. The van der Waals surface area contributed by atoms with E-state index in [1.165, 1.54) is 0 Å². The summed E-state index contributed by atoms with van der Waals surface area (Å²) in [6.45, 7) is 9.35. The van der Waals surface area contributed by atoms with Crippen molar-refractivity contribution in [1.29, 1.82) is 0 Å². The number of para-hydroxylation sites is 1. The van der Waals surface area contributed by atoms with Gasteiger partial charge in [-0.05, 0) is 57.0 Å². The molecule has 30 heavy (non-hydrogen) atoms. The maximum Gasteiger partial charge on any atom is 0.191 e. The lowest BCUT2D eigenvalue weighted by Crippen LogP contribution is -2.41. The minimum atomic E-state index is 0.00590. The summed E-state index contributed by atoms with van der Waals surface area (Å²) in [6, 6.07) is 14.1. The van der Waals surface area contributed by atoms with Gasteiger partial charge in [0.2, 0.25) is 0 Å². The Balaban J connectivity index is 1.49. The van der Waals surface area contributed by atoms with E-state index in [-0.39, 0.29) is 6.10 Å². The van der Waals surface area contributed by atoms with Gasteiger partial charge in [-0.3, -0.25) is 4.99 Å². The Morgan fingerprint density at radius 2 is 1.93 bits per heavy atom. The van der Waals surface area contributed by atoms with Crippen molar-refractivity contribution in [2.75, 3.05) is 13.6 Å². The Kier molecular flexibility index (Phi) is 7.06. The molecule has 0 saturated carbocycles. The van der Waals surface area contributed by atoms with Gasteiger partial charge in [-0.15, -0.1) is 0 Å². The summed E-state index contributed by atoms with van der Waals surface area (Å²) in [6.07, 6.45) is 1.86. The molecule has 158 valence electrons. The van der Waals surface area contributed by atoms with Crippen molar-refractivity contribution in [1.82, 2.24) is 25.4 Å². The van der Waals surface area contributed by atoms with Gasteiger partial charge < -0.3 is 15.4 Å². The molecular weight excluding hydrogens is 376 g/mol. The third-order valence-corrected chi connectivity index (χ3v) is 4.70.